The standard InChI is InChI=1S/C8H7NO4/c10-6-3-1-2-5(4-6)7(9-13)8(11)12/h1-4,10,13H,(H,11,12)/b9-7+. The monoisotopic (exact) mass is 181 g/mol. The van der Waals surface area contributed by atoms with Crippen LogP contribution < -0.4 is 0 Å². The average molecular weight is 181 g/mol. The van der Waals surface area contributed by atoms with Crippen molar-refractivity contribution in [3.05, 3.63) is 29.8 Å². The lowest BCUT2D eigenvalue weighted by molar-refractivity contribution is -0.129. The number of oxime groups is 1. The lowest BCUT2D eigenvalue weighted by Crippen LogP contribution is -2.14. The zero-order chi connectivity index (χ0) is 9.84. The molecule has 0 radical (unpaired) electrons. The molecule has 0 aliphatic rings. The van der Waals surface area contributed by atoms with Gasteiger partial charge in [-0.3, -0.25) is 0 Å². The van der Waals surface area contributed by atoms with Gasteiger partial charge in [0.15, 0.2) is 5.71 Å². The molecule has 0 bridgehead atoms. The van der Waals surface area contributed by atoms with E-state index >= 15 is 0 Å². The Balaban J connectivity index is 3.14. The number of aromatic hydroxyl groups is 1. The highest BCUT2D eigenvalue weighted by Crippen LogP contribution is 2.11. The van der Waals surface area contributed by atoms with Gasteiger partial charge in [-0.25, -0.2) is 4.79 Å². The molecule has 68 valence electrons. The molecule has 0 atom stereocenters. The first kappa shape index (κ1) is 9.05. The van der Waals surface area contributed by atoms with E-state index in [0.29, 0.717) is 0 Å². The third-order valence-corrected chi connectivity index (χ3v) is 1.42. The molecule has 13 heavy (non-hydrogen) atoms. The maximum Gasteiger partial charge on any atom is 0.358 e. The summed E-state index contributed by atoms with van der Waals surface area (Å²) in [7, 11) is 0. The number of carboxylic acids is 1. The zero-order valence-corrected chi connectivity index (χ0v) is 6.51. The number of benzene rings is 1. The molecule has 0 amide bonds. The highest BCUT2D eigenvalue weighted by atomic mass is 16.4. The number of aliphatic carboxylic acids is 1. The molecule has 0 heterocycles. The van der Waals surface area contributed by atoms with Gasteiger partial charge in [0.05, 0.1) is 0 Å². The summed E-state index contributed by atoms with van der Waals surface area (Å²) in [5, 5.41) is 28.5. The lowest BCUT2D eigenvalue weighted by Gasteiger charge is -1.98. The van der Waals surface area contributed by atoms with E-state index in [9.17, 15) is 4.79 Å². The van der Waals surface area contributed by atoms with E-state index in [1.54, 1.807) is 0 Å². The Bertz CT molecular complexity index is 359. The Kier molecular flexibility index (Phi) is 2.49. The van der Waals surface area contributed by atoms with Crippen LogP contribution in [-0.4, -0.2) is 27.1 Å². The Labute approximate surface area is 73.6 Å². The summed E-state index contributed by atoms with van der Waals surface area (Å²) in [6.07, 6.45) is 0. The van der Waals surface area contributed by atoms with Crippen molar-refractivity contribution in [3.8, 4) is 5.75 Å². The topological polar surface area (TPSA) is 90.1 Å². The Morgan fingerprint density at radius 3 is 2.54 bits per heavy atom. The molecule has 0 aliphatic heterocycles. The zero-order valence-electron chi connectivity index (χ0n) is 6.51. The second-order valence-electron chi connectivity index (χ2n) is 2.30. The van der Waals surface area contributed by atoms with Gasteiger partial charge in [0.2, 0.25) is 0 Å². The second kappa shape index (κ2) is 3.57. The molecule has 1 rings (SSSR count). The number of hydrogen-bond donors (Lipinski definition) is 3. The number of carbonyl (C=O) groups is 1. The molecule has 5 heteroatoms. The highest BCUT2D eigenvalue weighted by molar-refractivity contribution is 6.42. The van der Waals surface area contributed by atoms with Crippen LogP contribution in [0.5, 0.6) is 5.75 Å². The Morgan fingerprint density at radius 1 is 1.38 bits per heavy atom. The molecule has 1 aromatic carbocycles. The maximum absolute atomic E-state index is 10.5. The first-order valence-electron chi connectivity index (χ1n) is 3.40. The molecule has 1 aromatic rings. The summed E-state index contributed by atoms with van der Waals surface area (Å²) in [6, 6.07) is 5.46. The molecule has 0 saturated heterocycles. The molecular weight excluding hydrogens is 174 g/mol. The fraction of sp³-hybridized carbons (Fsp3) is 0. The van der Waals surface area contributed by atoms with Gasteiger partial charge in [0, 0.05) is 5.56 Å². The summed E-state index contributed by atoms with van der Waals surface area (Å²) < 4.78 is 0. The predicted molar refractivity (Wildman–Crippen MR) is 44.1 cm³/mol. The van der Waals surface area contributed by atoms with Crippen molar-refractivity contribution in [2.45, 2.75) is 0 Å². The van der Waals surface area contributed by atoms with Crippen molar-refractivity contribution < 1.29 is 20.2 Å². The molecule has 0 aromatic heterocycles. The number of nitrogens with zero attached hydrogens (tertiary/aromatic N) is 1. The van der Waals surface area contributed by atoms with Crippen LogP contribution in [0.2, 0.25) is 0 Å². The summed E-state index contributed by atoms with van der Waals surface area (Å²) in [6.45, 7) is 0. The summed E-state index contributed by atoms with van der Waals surface area (Å²) >= 11 is 0. The van der Waals surface area contributed by atoms with Crippen LogP contribution in [0, 0.1) is 0 Å². The third kappa shape index (κ3) is 1.96. The SMILES string of the molecule is O=C(O)/C(=N/O)c1cccc(O)c1. The number of hydrogen-bond acceptors (Lipinski definition) is 4. The van der Waals surface area contributed by atoms with Gasteiger partial charge in [-0.2, -0.15) is 0 Å². The lowest BCUT2D eigenvalue weighted by atomic mass is 10.1. The van der Waals surface area contributed by atoms with Crippen LogP contribution in [0.1, 0.15) is 5.56 Å². The van der Waals surface area contributed by atoms with E-state index < -0.39 is 11.7 Å². The average Bonchev–Trinajstić information content (AvgIpc) is 2.04. The Morgan fingerprint density at radius 2 is 2.08 bits per heavy atom. The molecule has 0 saturated carbocycles. The van der Waals surface area contributed by atoms with E-state index in [4.69, 9.17) is 15.4 Å². The number of phenols is 1. The second-order valence-corrected chi connectivity index (χ2v) is 2.30. The van der Waals surface area contributed by atoms with Gasteiger partial charge in [-0.1, -0.05) is 17.3 Å². The normalized spacial score (nSPS) is 11.2. The summed E-state index contributed by atoms with van der Waals surface area (Å²) in [5.41, 5.74) is -0.356. The predicted octanol–water partition coefficient (Wildman–Crippen LogP) is 0.655. The summed E-state index contributed by atoms with van der Waals surface area (Å²) in [5.74, 6) is -1.44. The maximum atomic E-state index is 10.5. The first-order valence-corrected chi connectivity index (χ1v) is 3.40. The van der Waals surface area contributed by atoms with Crippen molar-refractivity contribution in [3.63, 3.8) is 0 Å². The van der Waals surface area contributed by atoms with Crippen molar-refractivity contribution in [1.29, 1.82) is 0 Å². The molecule has 0 aliphatic carbocycles. The van der Waals surface area contributed by atoms with Crippen LogP contribution in [0.4, 0.5) is 0 Å². The fourth-order valence-corrected chi connectivity index (χ4v) is 0.877. The third-order valence-electron chi connectivity index (χ3n) is 1.42. The van der Waals surface area contributed by atoms with Gasteiger partial charge < -0.3 is 15.4 Å². The Hall–Kier alpha value is -2.04. The minimum atomic E-state index is -1.35. The van der Waals surface area contributed by atoms with E-state index in [0.717, 1.165) is 0 Å². The van der Waals surface area contributed by atoms with E-state index in [-0.39, 0.29) is 11.3 Å². The van der Waals surface area contributed by atoms with Crippen LogP contribution in [-0.2, 0) is 4.79 Å². The number of carboxylic acid groups (broad SMARTS) is 1. The number of rotatable bonds is 2. The van der Waals surface area contributed by atoms with Crippen molar-refractivity contribution in [1.82, 2.24) is 0 Å². The van der Waals surface area contributed by atoms with Crippen molar-refractivity contribution in [2.24, 2.45) is 5.16 Å². The molecule has 0 fully saturated rings. The molecule has 0 unspecified atom stereocenters. The van der Waals surface area contributed by atoms with Crippen LogP contribution in [0.25, 0.3) is 0 Å². The van der Waals surface area contributed by atoms with E-state index in [1.165, 1.54) is 24.3 Å². The summed E-state index contributed by atoms with van der Waals surface area (Å²) in [4.78, 5) is 10.5. The first-order chi connectivity index (χ1) is 6.15. The molecule has 5 nitrogen and oxygen atoms in total. The van der Waals surface area contributed by atoms with Crippen LogP contribution >= 0.6 is 0 Å². The van der Waals surface area contributed by atoms with Crippen molar-refractivity contribution in [2.75, 3.05) is 0 Å². The minimum Gasteiger partial charge on any atom is -0.508 e. The van der Waals surface area contributed by atoms with Gasteiger partial charge in [0.1, 0.15) is 5.75 Å². The fourth-order valence-electron chi connectivity index (χ4n) is 0.877. The number of phenolic OH excluding ortho intramolecular Hbond substituents is 1. The molecular formula is C8H7NO4. The van der Waals surface area contributed by atoms with Gasteiger partial charge in [-0.15, -0.1) is 0 Å². The van der Waals surface area contributed by atoms with E-state index in [1.807, 2.05) is 0 Å². The van der Waals surface area contributed by atoms with Gasteiger partial charge in [0.25, 0.3) is 0 Å². The van der Waals surface area contributed by atoms with Gasteiger partial charge >= 0.3 is 5.97 Å². The van der Waals surface area contributed by atoms with E-state index in [2.05, 4.69) is 5.16 Å². The highest BCUT2D eigenvalue weighted by Gasteiger charge is 2.12. The van der Waals surface area contributed by atoms with Gasteiger partial charge in [-0.05, 0) is 12.1 Å². The van der Waals surface area contributed by atoms with Crippen LogP contribution in [0.15, 0.2) is 29.4 Å². The van der Waals surface area contributed by atoms with Crippen molar-refractivity contribution >= 4 is 11.7 Å². The minimum absolute atomic E-state index is 0.0834. The largest absolute Gasteiger partial charge is 0.508 e. The smallest absolute Gasteiger partial charge is 0.358 e. The molecule has 3 N–H and O–H groups in total. The molecule has 0 spiro atoms. The van der Waals surface area contributed by atoms with Crippen LogP contribution in [0.3, 0.4) is 0 Å². The quantitative estimate of drug-likeness (QED) is 0.355.